The molecule has 6 nitrogen and oxygen atoms in total. The van der Waals surface area contributed by atoms with Crippen LogP contribution in [-0.2, 0) is 31.8 Å². The van der Waals surface area contributed by atoms with E-state index in [2.05, 4.69) is 5.32 Å². The number of allylic oxidation sites excluding steroid dienone is 1. The molecule has 0 aromatic heterocycles. The Hall–Kier alpha value is -3.48. The summed E-state index contributed by atoms with van der Waals surface area (Å²) in [7, 11) is -9.02. The van der Waals surface area contributed by atoms with E-state index in [0.717, 1.165) is 11.6 Å². The van der Waals surface area contributed by atoms with Gasteiger partial charge in [-0.15, -0.1) is 0 Å². The minimum atomic E-state index is -4.51. The van der Waals surface area contributed by atoms with Crippen molar-refractivity contribution >= 4 is 25.4 Å². The molecule has 0 aliphatic heterocycles. The van der Waals surface area contributed by atoms with Gasteiger partial charge in [-0.25, -0.2) is 21.2 Å². The zero-order valence-corrected chi connectivity index (χ0v) is 20.3. The van der Waals surface area contributed by atoms with Gasteiger partial charge in [0.1, 0.15) is 11.9 Å². The molecule has 3 rings (SSSR count). The largest absolute Gasteiger partial charge is 0.344 e. The zero-order valence-electron chi connectivity index (χ0n) is 18.6. The number of benzene rings is 3. The summed E-state index contributed by atoms with van der Waals surface area (Å²) in [5, 5.41) is 11.8. The van der Waals surface area contributed by atoms with Crippen molar-refractivity contribution in [3.05, 3.63) is 105 Å². The molecule has 0 bridgehead atoms. The Morgan fingerprint density at radius 1 is 0.912 bits per heavy atom. The van der Waals surface area contributed by atoms with Crippen molar-refractivity contribution in [3.8, 4) is 6.07 Å². The summed E-state index contributed by atoms with van der Waals surface area (Å²) in [4.78, 5) is -1.19. The average molecular weight is 499 g/mol. The number of rotatable bonds is 8. The predicted molar refractivity (Wildman–Crippen MR) is 129 cm³/mol. The maximum absolute atomic E-state index is 14.3. The van der Waals surface area contributed by atoms with E-state index in [1.165, 1.54) is 42.5 Å². The van der Waals surface area contributed by atoms with Crippen LogP contribution in [0.25, 0.3) is 0 Å². The number of halogens is 1. The lowest BCUT2D eigenvalue weighted by Gasteiger charge is -2.19. The van der Waals surface area contributed by atoms with Crippen molar-refractivity contribution in [1.82, 2.24) is 0 Å². The Bertz CT molecular complexity index is 1490. The Labute approximate surface area is 199 Å². The second-order valence-electron chi connectivity index (χ2n) is 7.52. The highest BCUT2D eigenvalue weighted by Crippen LogP contribution is 2.31. The van der Waals surface area contributed by atoms with Gasteiger partial charge in [-0.05, 0) is 42.7 Å². The first-order valence-corrected chi connectivity index (χ1v) is 13.5. The van der Waals surface area contributed by atoms with Crippen LogP contribution in [0.5, 0.6) is 0 Å². The van der Waals surface area contributed by atoms with Crippen LogP contribution in [0.3, 0.4) is 0 Å². The summed E-state index contributed by atoms with van der Waals surface area (Å²) in [5.41, 5.74) is 1.63. The molecule has 0 heterocycles. The molecule has 0 radical (unpaired) electrons. The fourth-order valence-electron chi connectivity index (χ4n) is 3.43. The van der Waals surface area contributed by atoms with Gasteiger partial charge in [0.05, 0.1) is 10.6 Å². The van der Waals surface area contributed by atoms with Crippen LogP contribution in [0, 0.1) is 24.1 Å². The average Bonchev–Trinajstić information content (AvgIpc) is 2.81. The third-order valence-corrected chi connectivity index (χ3v) is 8.70. The van der Waals surface area contributed by atoms with Crippen LogP contribution >= 0.6 is 0 Å². The SMILES string of the molecule is CCc1cccc(C)c1N/C(=C(/C#N)S(=O)(=O)c1ccccc1)S(=O)(=O)Cc1ccccc1F. The molecule has 0 aliphatic rings. The Morgan fingerprint density at radius 2 is 1.53 bits per heavy atom. The number of aryl methyl sites for hydroxylation is 2. The van der Waals surface area contributed by atoms with Crippen LogP contribution in [0.4, 0.5) is 10.1 Å². The molecule has 0 saturated heterocycles. The highest BCUT2D eigenvalue weighted by molar-refractivity contribution is 7.99. The summed E-state index contributed by atoms with van der Waals surface area (Å²) in [6, 6.07) is 19.3. The van der Waals surface area contributed by atoms with Gasteiger partial charge in [0.25, 0.3) is 0 Å². The van der Waals surface area contributed by atoms with Crippen LogP contribution in [0.1, 0.15) is 23.6 Å². The highest BCUT2D eigenvalue weighted by atomic mass is 32.2. The Balaban J connectivity index is 2.30. The first-order valence-electron chi connectivity index (χ1n) is 10.4. The number of nitriles is 1. The minimum absolute atomic E-state index is 0.142. The van der Waals surface area contributed by atoms with Crippen molar-refractivity contribution < 1.29 is 21.2 Å². The lowest BCUT2D eigenvalue weighted by Crippen LogP contribution is -2.21. The van der Waals surface area contributed by atoms with Crippen molar-refractivity contribution in [1.29, 1.82) is 5.26 Å². The molecular formula is C25H23FN2O4S2. The molecule has 9 heteroatoms. The van der Waals surface area contributed by atoms with E-state index in [4.69, 9.17) is 0 Å². The van der Waals surface area contributed by atoms with Gasteiger partial charge in [0, 0.05) is 11.3 Å². The molecule has 0 atom stereocenters. The molecule has 1 N–H and O–H groups in total. The normalized spacial score (nSPS) is 12.5. The van der Waals surface area contributed by atoms with E-state index in [1.807, 2.05) is 6.92 Å². The van der Waals surface area contributed by atoms with Crippen LogP contribution in [-0.4, -0.2) is 16.8 Å². The van der Waals surface area contributed by atoms with Crippen molar-refractivity contribution in [3.63, 3.8) is 0 Å². The first-order chi connectivity index (χ1) is 16.1. The van der Waals surface area contributed by atoms with Crippen molar-refractivity contribution in [2.45, 2.75) is 30.9 Å². The fraction of sp³-hybridized carbons (Fsp3) is 0.160. The van der Waals surface area contributed by atoms with E-state index < -0.39 is 41.2 Å². The van der Waals surface area contributed by atoms with Gasteiger partial charge >= 0.3 is 0 Å². The van der Waals surface area contributed by atoms with E-state index in [9.17, 15) is 26.5 Å². The smallest absolute Gasteiger partial charge is 0.219 e. The van der Waals surface area contributed by atoms with Crippen LogP contribution in [0.15, 0.2) is 87.6 Å². The molecule has 34 heavy (non-hydrogen) atoms. The topological polar surface area (TPSA) is 104 Å². The number of para-hydroxylation sites is 1. The quantitative estimate of drug-likeness (QED) is 0.444. The number of nitrogens with one attached hydrogen (secondary N) is 1. The lowest BCUT2D eigenvalue weighted by molar-refractivity contribution is 0.590. The highest BCUT2D eigenvalue weighted by Gasteiger charge is 2.33. The number of sulfone groups is 2. The van der Waals surface area contributed by atoms with Crippen molar-refractivity contribution in [2.24, 2.45) is 0 Å². The molecule has 0 amide bonds. The van der Waals surface area contributed by atoms with Gasteiger partial charge in [0.15, 0.2) is 19.8 Å². The fourth-order valence-corrected chi connectivity index (χ4v) is 6.68. The third-order valence-electron chi connectivity index (χ3n) is 5.22. The second kappa shape index (κ2) is 10.2. The van der Waals surface area contributed by atoms with Crippen LogP contribution in [0.2, 0.25) is 0 Å². The van der Waals surface area contributed by atoms with E-state index in [0.29, 0.717) is 17.7 Å². The molecule has 0 spiro atoms. The summed E-state index contributed by atoms with van der Waals surface area (Å²) in [6.45, 7) is 3.60. The monoisotopic (exact) mass is 498 g/mol. The maximum Gasteiger partial charge on any atom is 0.219 e. The molecule has 0 unspecified atom stereocenters. The van der Waals surface area contributed by atoms with Gasteiger partial charge in [-0.3, -0.25) is 0 Å². The molecule has 176 valence electrons. The second-order valence-corrected chi connectivity index (χ2v) is 11.3. The number of hydrogen-bond donors (Lipinski definition) is 1. The minimum Gasteiger partial charge on any atom is -0.344 e. The van der Waals surface area contributed by atoms with E-state index >= 15 is 0 Å². The Morgan fingerprint density at radius 3 is 2.15 bits per heavy atom. The number of anilines is 1. The summed E-state index contributed by atoms with van der Waals surface area (Å²) >= 11 is 0. The van der Waals surface area contributed by atoms with E-state index in [1.54, 1.807) is 37.3 Å². The zero-order chi connectivity index (χ0) is 24.9. The van der Waals surface area contributed by atoms with Gasteiger partial charge in [-0.1, -0.05) is 61.5 Å². The standard InChI is InChI=1S/C25H23FN2O4S2/c1-3-19-12-9-10-18(2)24(19)28-25(33(29,30)17-20-11-7-8-15-22(20)26)23(16-27)34(31,32)21-13-5-4-6-14-21/h4-15,28H,3,17H2,1-2H3/b25-23+. The first kappa shape index (κ1) is 25.1. The summed E-state index contributed by atoms with van der Waals surface area (Å²) in [5.74, 6) is -1.58. The molecule has 0 saturated carbocycles. The lowest BCUT2D eigenvalue weighted by atomic mass is 10.1. The van der Waals surface area contributed by atoms with Gasteiger partial charge < -0.3 is 5.32 Å². The Kier molecular flexibility index (Phi) is 7.54. The molecule has 0 fully saturated rings. The molecular weight excluding hydrogens is 475 g/mol. The molecule has 3 aromatic carbocycles. The summed E-state index contributed by atoms with van der Waals surface area (Å²) in [6.07, 6.45) is 0.526. The third kappa shape index (κ3) is 5.19. The predicted octanol–water partition coefficient (Wildman–Crippen LogP) is 4.89. The number of hydrogen-bond acceptors (Lipinski definition) is 6. The number of nitrogens with zero attached hydrogens (tertiary/aromatic N) is 1. The molecule has 0 aliphatic carbocycles. The van der Waals surface area contributed by atoms with Crippen molar-refractivity contribution in [2.75, 3.05) is 5.32 Å². The van der Waals surface area contributed by atoms with E-state index in [-0.39, 0.29) is 10.5 Å². The molecule has 3 aromatic rings. The van der Waals surface area contributed by atoms with Gasteiger partial charge in [-0.2, -0.15) is 5.26 Å². The van der Waals surface area contributed by atoms with Gasteiger partial charge in [0.2, 0.25) is 9.84 Å². The van der Waals surface area contributed by atoms with Crippen LogP contribution < -0.4 is 5.32 Å². The maximum atomic E-state index is 14.3. The summed E-state index contributed by atoms with van der Waals surface area (Å²) < 4.78 is 68.1.